The van der Waals surface area contributed by atoms with Crippen LogP contribution in [-0.4, -0.2) is 32.1 Å². The Morgan fingerprint density at radius 3 is 1.40 bits per heavy atom. The minimum absolute atomic E-state index is 0.0562. The number of ether oxygens (including phenoxy) is 5. The zero-order valence-corrected chi connectivity index (χ0v) is 17.3. The first-order valence-corrected chi connectivity index (χ1v) is 8.86. The molecule has 0 amide bonds. The Morgan fingerprint density at radius 2 is 1.03 bits per heavy atom. The van der Waals surface area contributed by atoms with E-state index in [2.05, 4.69) is 0 Å². The second-order valence-electron chi connectivity index (χ2n) is 6.11. The molecule has 0 aliphatic carbocycles. The molecule has 0 aliphatic rings. The molecular weight excluding hydrogens is 392 g/mol. The second kappa shape index (κ2) is 10.1. The van der Waals surface area contributed by atoms with Crippen molar-refractivity contribution in [2.24, 2.45) is 0 Å². The molecule has 0 radical (unpaired) electrons. The van der Waals surface area contributed by atoms with Gasteiger partial charge in [0.1, 0.15) is 11.5 Å². The van der Waals surface area contributed by atoms with E-state index >= 15 is 0 Å². The van der Waals surface area contributed by atoms with Gasteiger partial charge >= 0.3 is 17.9 Å². The molecule has 0 unspecified atom stereocenters. The summed E-state index contributed by atoms with van der Waals surface area (Å²) in [5.41, 5.74) is 1.30. The topological polar surface area (TPSA) is 97.4 Å². The average molecular weight is 414 g/mol. The lowest BCUT2D eigenvalue weighted by Gasteiger charge is -2.14. The Kier molecular flexibility index (Phi) is 7.57. The van der Waals surface area contributed by atoms with E-state index in [1.54, 1.807) is 44.6 Å². The zero-order valence-electron chi connectivity index (χ0n) is 17.3. The van der Waals surface area contributed by atoms with Crippen molar-refractivity contribution in [2.75, 3.05) is 14.2 Å². The average Bonchev–Trinajstić information content (AvgIpc) is 2.67. The number of hydrogen-bond acceptors (Lipinski definition) is 8. The molecular formula is C22H22O8. The van der Waals surface area contributed by atoms with Gasteiger partial charge in [-0.25, -0.2) is 0 Å². The van der Waals surface area contributed by atoms with Crippen molar-refractivity contribution in [1.82, 2.24) is 0 Å². The van der Waals surface area contributed by atoms with E-state index in [0.29, 0.717) is 17.1 Å². The van der Waals surface area contributed by atoms with E-state index in [4.69, 9.17) is 23.7 Å². The normalized spacial score (nSPS) is 10.4. The van der Waals surface area contributed by atoms with Gasteiger partial charge in [-0.15, -0.1) is 0 Å². The van der Waals surface area contributed by atoms with Crippen LogP contribution in [0, 0.1) is 0 Å². The number of carbonyl (C=O) groups excluding carboxylic acids is 3. The molecule has 8 nitrogen and oxygen atoms in total. The highest BCUT2D eigenvalue weighted by atomic mass is 16.6. The highest BCUT2D eigenvalue weighted by Gasteiger charge is 2.19. The van der Waals surface area contributed by atoms with Gasteiger partial charge in [-0.3, -0.25) is 14.4 Å². The third kappa shape index (κ3) is 6.37. The first kappa shape index (κ1) is 22.5. The maximum Gasteiger partial charge on any atom is 0.308 e. The monoisotopic (exact) mass is 414 g/mol. The van der Waals surface area contributed by atoms with Crippen LogP contribution in [0.15, 0.2) is 30.3 Å². The van der Waals surface area contributed by atoms with Crippen LogP contribution in [0.25, 0.3) is 12.2 Å². The highest BCUT2D eigenvalue weighted by molar-refractivity contribution is 5.80. The Hall–Kier alpha value is -3.81. The third-order valence-electron chi connectivity index (χ3n) is 3.64. The predicted molar refractivity (Wildman–Crippen MR) is 109 cm³/mol. The fourth-order valence-electron chi connectivity index (χ4n) is 2.52. The summed E-state index contributed by atoms with van der Waals surface area (Å²) in [6.07, 6.45) is 3.47. The standard InChI is InChI=1S/C22H22O8/c1-13(23)28-20-10-17(11-21(29-14(2)24)22(20)30-15(3)25)7-6-16-8-18(26-4)12-19(9-16)27-5/h6-12H,1-5H3. The van der Waals surface area contributed by atoms with Crippen molar-refractivity contribution < 1.29 is 38.1 Å². The number of methoxy groups -OCH3 is 2. The summed E-state index contributed by atoms with van der Waals surface area (Å²) in [5.74, 6) is -0.970. The molecule has 2 aromatic rings. The minimum Gasteiger partial charge on any atom is -0.497 e. The van der Waals surface area contributed by atoms with Gasteiger partial charge in [0, 0.05) is 26.8 Å². The lowest BCUT2D eigenvalue weighted by atomic mass is 10.1. The number of esters is 3. The minimum atomic E-state index is -0.663. The molecule has 158 valence electrons. The number of carbonyl (C=O) groups is 3. The molecule has 0 fully saturated rings. The van der Waals surface area contributed by atoms with Crippen molar-refractivity contribution in [1.29, 1.82) is 0 Å². The molecule has 2 aromatic carbocycles. The van der Waals surface area contributed by atoms with Crippen molar-refractivity contribution in [3.63, 3.8) is 0 Å². The van der Waals surface area contributed by atoms with Gasteiger partial charge in [0.2, 0.25) is 5.75 Å². The Bertz CT molecular complexity index is 931. The molecule has 0 saturated heterocycles. The quantitative estimate of drug-likeness (QED) is 0.385. The van der Waals surface area contributed by atoms with E-state index in [1.807, 2.05) is 0 Å². The second-order valence-corrected chi connectivity index (χ2v) is 6.11. The lowest BCUT2D eigenvalue weighted by Crippen LogP contribution is -2.10. The fourth-order valence-corrected chi connectivity index (χ4v) is 2.52. The molecule has 0 bridgehead atoms. The largest absolute Gasteiger partial charge is 0.497 e. The van der Waals surface area contributed by atoms with E-state index < -0.39 is 17.9 Å². The van der Waals surface area contributed by atoms with Gasteiger partial charge in [-0.05, 0) is 35.4 Å². The van der Waals surface area contributed by atoms with Crippen LogP contribution in [-0.2, 0) is 14.4 Å². The molecule has 0 saturated carbocycles. The van der Waals surface area contributed by atoms with Gasteiger partial charge in [-0.2, -0.15) is 0 Å². The summed E-state index contributed by atoms with van der Waals surface area (Å²) in [5, 5.41) is 0. The molecule has 30 heavy (non-hydrogen) atoms. The lowest BCUT2D eigenvalue weighted by molar-refractivity contribution is -0.135. The van der Waals surface area contributed by atoms with Crippen LogP contribution in [0.3, 0.4) is 0 Å². The zero-order chi connectivity index (χ0) is 22.3. The fraction of sp³-hybridized carbons (Fsp3) is 0.227. The van der Waals surface area contributed by atoms with E-state index in [0.717, 1.165) is 5.56 Å². The molecule has 8 heteroatoms. The molecule has 0 aliphatic heterocycles. The molecule has 0 aromatic heterocycles. The molecule has 0 spiro atoms. The van der Waals surface area contributed by atoms with Crippen molar-refractivity contribution in [3.8, 4) is 28.7 Å². The van der Waals surface area contributed by atoms with E-state index in [1.165, 1.54) is 32.9 Å². The maximum atomic E-state index is 11.5. The number of hydrogen-bond donors (Lipinski definition) is 0. The number of rotatable bonds is 7. The van der Waals surface area contributed by atoms with Gasteiger partial charge in [0.25, 0.3) is 0 Å². The molecule has 0 heterocycles. The maximum absolute atomic E-state index is 11.5. The number of benzene rings is 2. The Labute approximate surface area is 174 Å². The van der Waals surface area contributed by atoms with E-state index in [-0.39, 0.29) is 17.2 Å². The van der Waals surface area contributed by atoms with Gasteiger partial charge in [0.05, 0.1) is 14.2 Å². The van der Waals surface area contributed by atoms with Crippen LogP contribution >= 0.6 is 0 Å². The summed E-state index contributed by atoms with van der Waals surface area (Å²) in [6, 6.07) is 8.31. The Morgan fingerprint density at radius 1 is 0.633 bits per heavy atom. The Balaban J connectivity index is 2.53. The predicted octanol–water partition coefficient (Wildman–Crippen LogP) is 3.65. The molecule has 0 atom stereocenters. The van der Waals surface area contributed by atoms with Gasteiger partial charge < -0.3 is 23.7 Å². The molecule has 0 N–H and O–H groups in total. The van der Waals surface area contributed by atoms with Gasteiger partial charge in [-0.1, -0.05) is 12.2 Å². The van der Waals surface area contributed by atoms with Crippen LogP contribution in [0.5, 0.6) is 28.7 Å². The summed E-state index contributed by atoms with van der Waals surface area (Å²) in [4.78, 5) is 34.5. The van der Waals surface area contributed by atoms with Crippen LogP contribution in [0.4, 0.5) is 0 Å². The summed E-state index contributed by atoms with van der Waals surface area (Å²) < 4.78 is 25.9. The summed E-state index contributed by atoms with van der Waals surface area (Å²) >= 11 is 0. The molecule has 2 rings (SSSR count). The summed E-state index contributed by atoms with van der Waals surface area (Å²) in [6.45, 7) is 3.58. The van der Waals surface area contributed by atoms with E-state index in [9.17, 15) is 14.4 Å². The highest BCUT2D eigenvalue weighted by Crippen LogP contribution is 2.40. The third-order valence-corrected chi connectivity index (χ3v) is 3.64. The van der Waals surface area contributed by atoms with Crippen molar-refractivity contribution in [3.05, 3.63) is 41.5 Å². The van der Waals surface area contributed by atoms with Crippen molar-refractivity contribution >= 4 is 30.1 Å². The van der Waals surface area contributed by atoms with Crippen LogP contribution < -0.4 is 23.7 Å². The SMILES string of the molecule is COc1cc(C=Cc2cc(OC(C)=O)c(OC(C)=O)c(OC(C)=O)c2)cc(OC)c1. The smallest absolute Gasteiger partial charge is 0.308 e. The van der Waals surface area contributed by atoms with Gasteiger partial charge in [0.15, 0.2) is 11.5 Å². The van der Waals surface area contributed by atoms with Crippen LogP contribution in [0.2, 0.25) is 0 Å². The first-order chi connectivity index (χ1) is 14.2. The van der Waals surface area contributed by atoms with Crippen molar-refractivity contribution in [2.45, 2.75) is 20.8 Å². The summed E-state index contributed by atoms with van der Waals surface area (Å²) in [7, 11) is 3.10. The first-order valence-electron chi connectivity index (χ1n) is 8.86. The van der Waals surface area contributed by atoms with Crippen LogP contribution in [0.1, 0.15) is 31.9 Å².